The summed E-state index contributed by atoms with van der Waals surface area (Å²) in [6.07, 6.45) is -1.86. The maximum atomic E-state index is 12.8. The van der Waals surface area contributed by atoms with Gasteiger partial charge in [0.15, 0.2) is 0 Å². The predicted molar refractivity (Wildman–Crippen MR) is 99.0 cm³/mol. The highest BCUT2D eigenvalue weighted by Crippen LogP contribution is 2.39. The van der Waals surface area contributed by atoms with Crippen LogP contribution >= 0.6 is 0 Å². The zero-order valence-electron chi connectivity index (χ0n) is 14.7. The topological polar surface area (TPSA) is 46.4 Å². The van der Waals surface area contributed by atoms with E-state index in [1.165, 1.54) is 12.1 Å². The van der Waals surface area contributed by atoms with E-state index in [-0.39, 0.29) is 18.5 Å². The molecule has 3 rings (SSSR count). The maximum absolute atomic E-state index is 12.8. The molecule has 1 aliphatic rings. The lowest BCUT2D eigenvalue weighted by Crippen LogP contribution is -2.24. The quantitative estimate of drug-likeness (QED) is 0.478. The summed E-state index contributed by atoms with van der Waals surface area (Å²) in [4.78, 5) is 12.2. The van der Waals surface area contributed by atoms with Gasteiger partial charge < -0.3 is 4.90 Å². The third-order valence-corrected chi connectivity index (χ3v) is 4.95. The molecule has 0 bridgehead atoms. The van der Waals surface area contributed by atoms with Gasteiger partial charge in [0, 0.05) is 30.6 Å². The minimum absolute atomic E-state index is 0.0310. The highest BCUT2D eigenvalue weighted by atomic mass is 19.4. The Morgan fingerprint density at radius 3 is 2.04 bits per heavy atom. The molecular weight excluding hydrogens is 357 g/mol. The number of anilines is 2. The lowest BCUT2D eigenvalue weighted by molar-refractivity contribution is -0.384. The van der Waals surface area contributed by atoms with Crippen molar-refractivity contribution in [3.8, 4) is 0 Å². The first-order valence-electron chi connectivity index (χ1n) is 8.60. The summed E-state index contributed by atoms with van der Waals surface area (Å²) in [5.41, 5.74) is 3.59. The van der Waals surface area contributed by atoms with Crippen molar-refractivity contribution in [1.29, 1.82) is 0 Å². The second kappa shape index (κ2) is 7.42. The maximum Gasteiger partial charge on any atom is 0.392 e. The van der Waals surface area contributed by atoms with Gasteiger partial charge in [-0.15, -0.1) is 0 Å². The molecule has 4 nitrogen and oxygen atoms in total. The first-order valence-corrected chi connectivity index (χ1v) is 8.60. The Balaban J connectivity index is 1.72. The summed E-state index contributed by atoms with van der Waals surface area (Å²) in [7, 11) is 1.85. The van der Waals surface area contributed by atoms with Crippen LogP contribution in [-0.2, 0) is 0 Å². The van der Waals surface area contributed by atoms with Crippen molar-refractivity contribution in [2.45, 2.75) is 25.4 Å². The van der Waals surface area contributed by atoms with E-state index in [0.717, 1.165) is 22.5 Å². The van der Waals surface area contributed by atoms with Crippen molar-refractivity contribution in [3.63, 3.8) is 0 Å². The number of hydrogen-bond donors (Lipinski definition) is 0. The average molecular weight is 376 g/mol. The van der Waals surface area contributed by atoms with Gasteiger partial charge >= 0.3 is 6.18 Å². The fourth-order valence-corrected chi connectivity index (χ4v) is 3.24. The fraction of sp³-hybridized carbons (Fsp3) is 0.300. The molecule has 0 amide bonds. The van der Waals surface area contributed by atoms with E-state index >= 15 is 0 Å². The summed E-state index contributed by atoms with van der Waals surface area (Å²) in [6, 6.07) is 13.8. The molecule has 0 saturated carbocycles. The van der Waals surface area contributed by atoms with Crippen molar-refractivity contribution >= 4 is 22.6 Å². The third-order valence-electron chi connectivity index (χ3n) is 4.95. The number of non-ortho nitro benzene ring substituents is 1. The minimum Gasteiger partial charge on any atom is -0.345 e. The van der Waals surface area contributed by atoms with Crippen molar-refractivity contribution in [1.82, 2.24) is 0 Å². The molecule has 1 atom stereocenters. The smallest absolute Gasteiger partial charge is 0.345 e. The van der Waals surface area contributed by atoms with Crippen LogP contribution in [0.4, 0.5) is 30.2 Å². The molecule has 0 aromatic heterocycles. The van der Waals surface area contributed by atoms with E-state index in [4.69, 9.17) is 0 Å². The molecule has 1 unspecified atom stereocenters. The summed E-state index contributed by atoms with van der Waals surface area (Å²) in [5, 5.41) is 10.7. The Labute approximate surface area is 155 Å². The van der Waals surface area contributed by atoms with Gasteiger partial charge in [0.2, 0.25) is 0 Å². The molecular formula is C20H19F3N2O2. The van der Waals surface area contributed by atoms with Crippen LogP contribution in [0.25, 0.3) is 5.57 Å². The van der Waals surface area contributed by atoms with Gasteiger partial charge in [-0.1, -0.05) is 18.2 Å². The van der Waals surface area contributed by atoms with Gasteiger partial charge in [0.05, 0.1) is 10.8 Å². The van der Waals surface area contributed by atoms with E-state index in [1.54, 1.807) is 18.2 Å². The van der Waals surface area contributed by atoms with Crippen LogP contribution in [0.5, 0.6) is 0 Å². The van der Waals surface area contributed by atoms with Crippen molar-refractivity contribution in [2.75, 3.05) is 11.9 Å². The van der Waals surface area contributed by atoms with Crippen LogP contribution in [0, 0.1) is 16.0 Å². The van der Waals surface area contributed by atoms with Crippen LogP contribution in [0.15, 0.2) is 54.6 Å². The van der Waals surface area contributed by atoms with Crippen LogP contribution in [-0.4, -0.2) is 18.1 Å². The molecule has 7 heteroatoms. The number of alkyl halides is 3. The van der Waals surface area contributed by atoms with E-state index in [2.05, 4.69) is 0 Å². The molecule has 142 valence electrons. The fourth-order valence-electron chi connectivity index (χ4n) is 3.24. The SMILES string of the molecule is CN(c1ccc(C2=CCC(C(F)(F)F)CC2)cc1)c1ccc([N+](=O)[O-])cc1. The number of nitrogens with zero attached hydrogens (tertiary/aromatic N) is 2. The van der Waals surface area contributed by atoms with E-state index in [1.807, 2.05) is 36.2 Å². The van der Waals surface area contributed by atoms with Gasteiger partial charge in [-0.25, -0.2) is 0 Å². The number of hydrogen-bond acceptors (Lipinski definition) is 3. The Morgan fingerprint density at radius 2 is 1.59 bits per heavy atom. The summed E-state index contributed by atoms with van der Waals surface area (Å²) >= 11 is 0. The van der Waals surface area contributed by atoms with Gasteiger partial charge in [-0.05, 0) is 54.7 Å². The minimum atomic E-state index is -4.13. The van der Waals surface area contributed by atoms with Crippen LogP contribution in [0.1, 0.15) is 24.8 Å². The number of halogens is 3. The van der Waals surface area contributed by atoms with Crippen LogP contribution in [0.2, 0.25) is 0 Å². The molecule has 27 heavy (non-hydrogen) atoms. The van der Waals surface area contributed by atoms with Crippen LogP contribution in [0.3, 0.4) is 0 Å². The van der Waals surface area contributed by atoms with E-state index in [9.17, 15) is 23.3 Å². The molecule has 0 radical (unpaired) electrons. The highest BCUT2D eigenvalue weighted by molar-refractivity contribution is 5.70. The lowest BCUT2D eigenvalue weighted by Gasteiger charge is -2.24. The summed E-state index contributed by atoms with van der Waals surface area (Å²) < 4.78 is 38.3. The zero-order chi connectivity index (χ0) is 19.6. The van der Waals surface area contributed by atoms with Gasteiger partial charge in [-0.2, -0.15) is 13.2 Å². The molecule has 0 spiro atoms. The standard InChI is InChI=1S/C20H19F3N2O2/c1-24(18-10-12-19(13-11-18)25(26)27)17-8-4-15(5-9-17)14-2-6-16(7-3-14)20(21,22)23/h2,4-5,8-13,16H,3,6-7H2,1H3. The Bertz CT molecular complexity index is 843. The third kappa shape index (κ3) is 4.30. The van der Waals surface area contributed by atoms with Gasteiger partial charge in [-0.3, -0.25) is 10.1 Å². The Kier molecular flexibility index (Phi) is 5.21. The van der Waals surface area contributed by atoms with Gasteiger partial charge in [0.25, 0.3) is 5.69 Å². The van der Waals surface area contributed by atoms with Gasteiger partial charge in [0.1, 0.15) is 0 Å². The Hall–Kier alpha value is -2.83. The predicted octanol–water partition coefficient (Wildman–Crippen LogP) is 6.11. The molecule has 2 aromatic rings. The van der Waals surface area contributed by atoms with Crippen LogP contribution < -0.4 is 4.90 Å². The summed E-state index contributed by atoms with van der Waals surface area (Å²) in [6.45, 7) is 0. The summed E-state index contributed by atoms with van der Waals surface area (Å²) in [5.74, 6) is -1.24. The van der Waals surface area contributed by atoms with E-state index in [0.29, 0.717) is 6.42 Å². The molecule has 0 aliphatic heterocycles. The Morgan fingerprint density at radius 1 is 1.04 bits per heavy atom. The first-order chi connectivity index (χ1) is 12.8. The number of nitro groups is 1. The highest BCUT2D eigenvalue weighted by Gasteiger charge is 2.39. The molecule has 0 N–H and O–H groups in total. The van der Waals surface area contributed by atoms with Crippen molar-refractivity contribution in [2.24, 2.45) is 5.92 Å². The number of nitro benzene ring substituents is 1. The van der Waals surface area contributed by atoms with E-state index < -0.39 is 17.0 Å². The molecule has 1 aliphatic carbocycles. The molecule has 0 fully saturated rings. The number of allylic oxidation sites excluding steroid dienone is 2. The number of benzene rings is 2. The molecule has 0 heterocycles. The lowest BCUT2D eigenvalue weighted by atomic mass is 9.86. The second-order valence-corrected chi connectivity index (χ2v) is 6.62. The number of rotatable bonds is 4. The first kappa shape index (κ1) is 18.9. The zero-order valence-corrected chi connectivity index (χ0v) is 14.7. The largest absolute Gasteiger partial charge is 0.392 e. The molecule has 2 aromatic carbocycles. The normalized spacial score (nSPS) is 17.3. The monoisotopic (exact) mass is 376 g/mol. The molecule has 0 saturated heterocycles. The average Bonchev–Trinajstić information content (AvgIpc) is 2.67. The van der Waals surface area contributed by atoms with Crippen molar-refractivity contribution in [3.05, 3.63) is 70.3 Å². The second-order valence-electron chi connectivity index (χ2n) is 6.62. The van der Waals surface area contributed by atoms with Crippen molar-refractivity contribution < 1.29 is 18.1 Å².